The largest absolute Gasteiger partial charge is 0.497 e. The quantitative estimate of drug-likeness (QED) is 0.780. The molecule has 0 spiro atoms. The van der Waals surface area contributed by atoms with Gasteiger partial charge in [0.15, 0.2) is 0 Å². The first-order chi connectivity index (χ1) is 11.8. The van der Waals surface area contributed by atoms with E-state index < -0.39 is 0 Å². The molecule has 0 aliphatic rings. The number of methoxy groups -OCH3 is 1. The van der Waals surface area contributed by atoms with Gasteiger partial charge in [0, 0.05) is 18.3 Å². The normalized spacial score (nSPS) is 10.2. The number of rotatable bonds is 5. The lowest BCUT2D eigenvalue weighted by Gasteiger charge is -2.10. The fourth-order valence-electron chi connectivity index (χ4n) is 2.45. The molecular weight excluding hydrogens is 300 g/mol. The minimum Gasteiger partial charge on any atom is -0.497 e. The van der Waals surface area contributed by atoms with Gasteiger partial charge in [-0.25, -0.2) is 0 Å². The van der Waals surface area contributed by atoms with Crippen LogP contribution in [0.1, 0.15) is 16.1 Å². The second kappa shape index (κ2) is 7.42. The van der Waals surface area contributed by atoms with Gasteiger partial charge in [0.25, 0.3) is 5.91 Å². The lowest BCUT2D eigenvalue weighted by molar-refractivity contribution is 0.0946. The third-order valence-electron chi connectivity index (χ3n) is 3.72. The summed E-state index contributed by atoms with van der Waals surface area (Å²) in [5.74, 6) is 0.586. The zero-order valence-electron chi connectivity index (χ0n) is 13.4. The number of carbonyl (C=O) groups is 1. The Morgan fingerprint density at radius 1 is 1.00 bits per heavy atom. The Balaban J connectivity index is 1.81. The minimum absolute atomic E-state index is 0.190. The molecular formula is C20H18N2O2. The van der Waals surface area contributed by atoms with Crippen LogP contribution in [0.2, 0.25) is 0 Å². The standard InChI is InChI=1S/C20H18N2O2/c1-24-17-11-9-16(10-12-17)18-8-5-13-21-19(18)20(23)22-14-15-6-3-2-4-7-15/h2-13H,14H2,1H3,(H,22,23). The van der Waals surface area contributed by atoms with Crippen LogP contribution in [0, 0.1) is 0 Å². The third kappa shape index (κ3) is 3.60. The van der Waals surface area contributed by atoms with Crippen molar-refractivity contribution in [3.05, 3.63) is 84.2 Å². The van der Waals surface area contributed by atoms with Gasteiger partial charge in [-0.15, -0.1) is 0 Å². The van der Waals surface area contributed by atoms with E-state index in [0.717, 1.165) is 22.4 Å². The molecule has 120 valence electrons. The van der Waals surface area contributed by atoms with Crippen LogP contribution in [0.5, 0.6) is 5.75 Å². The monoisotopic (exact) mass is 318 g/mol. The molecule has 24 heavy (non-hydrogen) atoms. The fraction of sp³-hybridized carbons (Fsp3) is 0.100. The van der Waals surface area contributed by atoms with E-state index in [4.69, 9.17) is 4.74 Å². The molecule has 1 amide bonds. The molecule has 0 unspecified atom stereocenters. The predicted octanol–water partition coefficient (Wildman–Crippen LogP) is 3.69. The zero-order valence-corrected chi connectivity index (χ0v) is 13.4. The Morgan fingerprint density at radius 3 is 2.46 bits per heavy atom. The average molecular weight is 318 g/mol. The Morgan fingerprint density at radius 2 is 1.75 bits per heavy atom. The molecule has 3 aromatic rings. The molecule has 0 radical (unpaired) electrons. The lowest BCUT2D eigenvalue weighted by Crippen LogP contribution is -2.24. The van der Waals surface area contributed by atoms with Gasteiger partial charge in [0.1, 0.15) is 11.4 Å². The Hall–Kier alpha value is -3.14. The summed E-state index contributed by atoms with van der Waals surface area (Å²) >= 11 is 0. The van der Waals surface area contributed by atoms with Crippen LogP contribution in [-0.4, -0.2) is 18.0 Å². The van der Waals surface area contributed by atoms with Crippen molar-refractivity contribution in [2.45, 2.75) is 6.54 Å². The number of aromatic nitrogens is 1. The van der Waals surface area contributed by atoms with E-state index in [1.165, 1.54) is 0 Å². The summed E-state index contributed by atoms with van der Waals surface area (Å²) in [5, 5.41) is 2.92. The van der Waals surface area contributed by atoms with Crippen molar-refractivity contribution < 1.29 is 9.53 Å². The van der Waals surface area contributed by atoms with Crippen molar-refractivity contribution in [3.63, 3.8) is 0 Å². The highest BCUT2D eigenvalue weighted by molar-refractivity contribution is 5.98. The van der Waals surface area contributed by atoms with E-state index in [0.29, 0.717) is 12.2 Å². The maximum Gasteiger partial charge on any atom is 0.270 e. The van der Waals surface area contributed by atoms with Crippen LogP contribution in [0.15, 0.2) is 72.9 Å². The minimum atomic E-state index is -0.190. The molecule has 0 atom stereocenters. The number of benzene rings is 2. The third-order valence-corrected chi connectivity index (χ3v) is 3.72. The number of ether oxygens (including phenoxy) is 1. The zero-order chi connectivity index (χ0) is 16.8. The first-order valence-electron chi connectivity index (χ1n) is 7.69. The molecule has 0 saturated carbocycles. The van der Waals surface area contributed by atoms with E-state index in [1.807, 2.05) is 66.7 Å². The molecule has 0 fully saturated rings. The SMILES string of the molecule is COc1ccc(-c2cccnc2C(=O)NCc2ccccc2)cc1. The summed E-state index contributed by atoms with van der Waals surface area (Å²) < 4.78 is 5.18. The number of nitrogens with zero attached hydrogens (tertiary/aromatic N) is 1. The first kappa shape index (κ1) is 15.7. The molecule has 1 aromatic heterocycles. The highest BCUT2D eigenvalue weighted by Gasteiger charge is 2.14. The number of nitrogens with one attached hydrogen (secondary N) is 1. The van der Waals surface area contributed by atoms with Crippen LogP contribution >= 0.6 is 0 Å². The van der Waals surface area contributed by atoms with Gasteiger partial charge in [-0.1, -0.05) is 48.5 Å². The Labute approximate surface area is 141 Å². The first-order valence-corrected chi connectivity index (χ1v) is 7.69. The van der Waals surface area contributed by atoms with Crippen molar-refractivity contribution in [2.24, 2.45) is 0 Å². The summed E-state index contributed by atoms with van der Waals surface area (Å²) in [6.45, 7) is 0.471. The summed E-state index contributed by atoms with van der Waals surface area (Å²) in [4.78, 5) is 16.8. The molecule has 3 rings (SSSR count). The number of carbonyl (C=O) groups excluding carboxylic acids is 1. The molecule has 1 heterocycles. The predicted molar refractivity (Wildman–Crippen MR) is 93.8 cm³/mol. The molecule has 0 aliphatic heterocycles. The molecule has 0 bridgehead atoms. The van der Waals surface area contributed by atoms with Gasteiger partial charge >= 0.3 is 0 Å². The molecule has 4 heteroatoms. The second-order valence-corrected chi connectivity index (χ2v) is 5.30. The molecule has 2 aromatic carbocycles. The average Bonchev–Trinajstić information content (AvgIpc) is 2.67. The van der Waals surface area contributed by atoms with Crippen LogP contribution in [-0.2, 0) is 6.54 Å². The summed E-state index contributed by atoms with van der Waals surface area (Å²) in [7, 11) is 1.63. The van der Waals surface area contributed by atoms with E-state index in [2.05, 4.69) is 10.3 Å². The highest BCUT2D eigenvalue weighted by atomic mass is 16.5. The lowest BCUT2D eigenvalue weighted by atomic mass is 10.0. The molecule has 0 aliphatic carbocycles. The van der Waals surface area contributed by atoms with Crippen LogP contribution in [0.25, 0.3) is 11.1 Å². The Kier molecular flexibility index (Phi) is 4.87. The van der Waals surface area contributed by atoms with Gasteiger partial charge < -0.3 is 10.1 Å². The number of hydrogen-bond donors (Lipinski definition) is 1. The smallest absolute Gasteiger partial charge is 0.270 e. The van der Waals surface area contributed by atoms with Gasteiger partial charge in [-0.05, 0) is 29.3 Å². The number of amides is 1. The molecule has 0 saturated heterocycles. The highest BCUT2D eigenvalue weighted by Crippen LogP contribution is 2.24. The van der Waals surface area contributed by atoms with E-state index >= 15 is 0 Å². The van der Waals surface area contributed by atoms with Crippen LogP contribution in [0.3, 0.4) is 0 Å². The van der Waals surface area contributed by atoms with Crippen molar-refractivity contribution in [1.29, 1.82) is 0 Å². The molecule has 1 N–H and O–H groups in total. The van der Waals surface area contributed by atoms with Crippen LogP contribution in [0.4, 0.5) is 0 Å². The van der Waals surface area contributed by atoms with E-state index in [9.17, 15) is 4.79 Å². The summed E-state index contributed by atoms with van der Waals surface area (Å²) in [6.07, 6.45) is 1.63. The number of hydrogen-bond acceptors (Lipinski definition) is 3. The van der Waals surface area contributed by atoms with Gasteiger partial charge in [0.05, 0.1) is 7.11 Å². The topological polar surface area (TPSA) is 51.2 Å². The van der Waals surface area contributed by atoms with Crippen LogP contribution < -0.4 is 10.1 Å². The van der Waals surface area contributed by atoms with Crippen molar-refractivity contribution in [1.82, 2.24) is 10.3 Å². The maximum atomic E-state index is 12.5. The van der Waals surface area contributed by atoms with E-state index in [-0.39, 0.29) is 5.91 Å². The van der Waals surface area contributed by atoms with Crippen molar-refractivity contribution in [2.75, 3.05) is 7.11 Å². The Bertz CT molecular complexity index is 815. The van der Waals surface area contributed by atoms with Gasteiger partial charge in [-0.3, -0.25) is 9.78 Å². The molecule has 4 nitrogen and oxygen atoms in total. The fourth-order valence-corrected chi connectivity index (χ4v) is 2.45. The summed E-state index contributed by atoms with van der Waals surface area (Å²) in [5.41, 5.74) is 3.19. The maximum absolute atomic E-state index is 12.5. The van der Waals surface area contributed by atoms with Gasteiger partial charge in [0.2, 0.25) is 0 Å². The second-order valence-electron chi connectivity index (χ2n) is 5.30. The van der Waals surface area contributed by atoms with E-state index in [1.54, 1.807) is 13.3 Å². The summed E-state index contributed by atoms with van der Waals surface area (Å²) in [6, 6.07) is 21.1. The number of pyridine rings is 1. The van der Waals surface area contributed by atoms with Crippen molar-refractivity contribution >= 4 is 5.91 Å². The van der Waals surface area contributed by atoms with Crippen molar-refractivity contribution in [3.8, 4) is 16.9 Å². The van der Waals surface area contributed by atoms with Gasteiger partial charge in [-0.2, -0.15) is 0 Å².